The molecule has 0 aliphatic rings. The van der Waals surface area contributed by atoms with Crippen LogP contribution in [0.4, 0.5) is 5.69 Å². The number of benzene rings is 3. The molecule has 2 heterocycles. The average Bonchev–Trinajstić information content (AvgIpc) is 2.88. The van der Waals surface area contributed by atoms with Crippen LogP contribution in [0.2, 0.25) is 0 Å². The molecule has 6 nitrogen and oxygen atoms in total. The number of carbonyl (C=O) groups is 1. The maximum Gasteiger partial charge on any atom is 0.267 e. The maximum absolute atomic E-state index is 13.4. The second-order valence-corrected chi connectivity index (χ2v) is 9.00. The largest absolute Gasteiger partial charge is 0.322 e. The minimum absolute atomic E-state index is 0.160. The van der Waals surface area contributed by atoms with E-state index in [1.165, 1.54) is 11.8 Å². The minimum atomic E-state index is -0.173. The number of pyridine rings is 1. The van der Waals surface area contributed by atoms with E-state index in [2.05, 4.69) is 10.3 Å². The van der Waals surface area contributed by atoms with E-state index in [9.17, 15) is 9.59 Å². The molecule has 0 unspecified atom stereocenters. The predicted molar refractivity (Wildman–Crippen MR) is 140 cm³/mol. The monoisotopic (exact) mass is 478 g/mol. The molecule has 0 radical (unpaired) electrons. The van der Waals surface area contributed by atoms with Gasteiger partial charge in [-0.3, -0.25) is 9.59 Å². The number of para-hydroxylation sites is 2. The summed E-state index contributed by atoms with van der Waals surface area (Å²) < 4.78 is 1.56. The van der Waals surface area contributed by atoms with E-state index in [4.69, 9.17) is 4.98 Å². The molecule has 0 aliphatic heterocycles. The number of rotatable bonds is 6. The molecule has 1 amide bonds. The second kappa shape index (κ2) is 9.95. The van der Waals surface area contributed by atoms with Gasteiger partial charge in [0.15, 0.2) is 5.16 Å². The van der Waals surface area contributed by atoms with Crippen LogP contribution in [0.3, 0.4) is 0 Å². The molecule has 0 bridgehead atoms. The molecule has 5 aromatic rings. The van der Waals surface area contributed by atoms with Crippen molar-refractivity contribution in [2.45, 2.75) is 17.8 Å². The molecule has 0 saturated carbocycles. The van der Waals surface area contributed by atoms with Crippen molar-refractivity contribution in [2.24, 2.45) is 0 Å². The number of anilines is 1. The van der Waals surface area contributed by atoms with Crippen molar-refractivity contribution in [3.8, 4) is 5.82 Å². The fourth-order valence-corrected chi connectivity index (χ4v) is 4.67. The van der Waals surface area contributed by atoms with Crippen molar-refractivity contribution in [3.63, 3.8) is 0 Å². The number of nitrogens with one attached hydrogen (secondary N) is 1. The third-order valence-corrected chi connectivity index (χ3v) is 6.47. The molecule has 0 spiro atoms. The third-order valence-electron chi connectivity index (χ3n) is 5.46. The molecular formula is C28H22N4O2S. The molecular weight excluding hydrogens is 456 g/mol. The van der Waals surface area contributed by atoms with Gasteiger partial charge in [0, 0.05) is 23.2 Å². The average molecular weight is 479 g/mol. The van der Waals surface area contributed by atoms with Gasteiger partial charge in [0.25, 0.3) is 11.5 Å². The van der Waals surface area contributed by atoms with Gasteiger partial charge in [-0.1, -0.05) is 54.2 Å². The maximum atomic E-state index is 13.4. The van der Waals surface area contributed by atoms with Gasteiger partial charge in [-0.2, -0.15) is 0 Å². The first-order chi connectivity index (χ1) is 17.1. The van der Waals surface area contributed by atoms with Crippen molar-refractivity contribution >= 4 is 34.3 Å². The fourth-order valence-electron chi connectivity index (χ4n) is 3.73. The molecule has 0 aliphatic carbocycles. The van der Waals surface area contributed by atoms with Gasteiger partial charge in [0.2, 0.25) is 0 Å². The van der Waals surface area contributed by atoms with E-state index in [0.29, 0.717) is 33.2 Å². The lowest BCUT2D eigenvalue weighted by atomic mass is 10.1. The Balaban J connectivity index is 1.45. The van der Waals surface area contributed by atoms with E-state index in [1.54, 1.807) is 22.9 Å². The molecule has 7 heteroatoms. The molecule has 35 heavy (non-hydrogen) atoms. The molecule has 0 atom stereocenters. The second-order valence-electron chi connectivity index (χ2n) is 8.05. The standard InChI is InChI=1S/C28H22N4O2S/c1-19-14-15-29-25(16-19)32-27(34)23-12-5-6-13-24(23)31-28(32)35-18-20-8-7-9-21(17-20)26(33)30-22-10-3-2-4-11-22/h2-17H,18H2,1H3,(H,30,33). The molecule has 0 fully saturated rings. The number of aryl methyl sites for hydroxylation is 1. The summed E-state index contributed by atoms with van der Waals surface area (Å²) in [6.45, 7) is 1.96. The Morgan fingerprint density at radius 1 is 0.943 bits per heavy atom. The quantitative estimate of drug-likeness (QED) is 0.253. The van der Waals surface area contributed by atoms with Gasteiger partial charge < -0.3 is 5.32 Å². The Hall–Kier alpha value is -4.23. The molecule has 0 saturated heterocycles. The van der Waals surface area contributed by atoms with Crippen LogP contribution < -0.4 is 10.9 Å². The zero-order valence-corrected chi connectivity index (χ0v) is 19.8. The summed E-state index contributed by atoms with van der Waals surface area (Å²) in [4.78, 5) is 35.3. The van der Waals surface area contributed by atoms with Crippen molar-refractivity contribution in [2.75, 3.05) is 5.32 Å². The summed E-state index contributed by atoms with van der Waals surface area (Å²) in [5, 5.41) is 4.00. The zero-order chi connectivity index (χ0) is 24.2. The lowest BCUT2D eigenvalue weighted by molar-refractivity contribution is 0.102. The first-order valence-corrected chi connectivity index (χ1v) is 12.1. The van der Waals surface area contributed by atoms with Crippen molar-refractivity contribution in [1.29, 1.82) is 0 Å². The normalized spacial score (nSPS) is 10.9. The Morgan fingerprint density at radius 2 is 1.74 bits per heavy atom. The first-order valence-electron chi connectivity index (χ1n) is 11.1. The Bertz CT molecular complexity index is 1580. The van der Waals surface area contributed by atoms with Gasteiger partial charge in [-0.15, -0.1) is 0 Å². The highest BCUT2D eigenvalue weighted by Crippen LogP contribution is 2.25. The lowest BCUT2D eigenvalue weighted by Gasteiger charge is -2.13. The summed E-state index contributed by atoms with van der Waals surface area (Å²) in [5.41, 5.74) is 3.74. The summed E-state index contributed by atoms with van der Waals surface area (Å²) >= 11 is 1.43. The van der Waals surface area contributed by atoms with Crippen LogP contribution in [0.1, 0.15) is 21.5 Å². The highest BCUT2D eigenvalue weighted by atomic mass is 32.2. The predicted octanol–water partition coefficient (Wildman–Crippen LogP) is 5.63. The Labute approximate surface area is 206 Å². The van der Waals surface area contributed by atoms with Crippen LogP contribution in [0, 0.1) is 6.92 Å². The molecule has 1 N–H and O–H groups in total. The summed E-state index contributed by atoms with van der Waals surface area (Å²) in [7, 11) is 0. The van der Waals surface area contributed by atoms with Crippen LogP contribution in [0.25, 0.3) is 16.7 Å². The fraction of sp³-hybridized carbons (Fsp3) is 0.0714. The van der Waals surface area contributed by atoms with E-state index in [1.807, 2.05) is 85.8 Å². The number of thioether (sulfide) groups is 1. The zero-order valence-electron chi connectivity index (χ0n) is 19.0. The first kappa shape index (κ1) is 22.6. The van der Waals surface area contributed by atoms with Gasteiger partial charge in [0.05, 0.1) is 10.9 Å². The number of nitrogens with zero attached hydrogens (tertiary/aromatic N) is 3. The summed E-state index contributed by atoms with van der Waals surface area (Å²) in [6, 6.07) is 27.9. The number of aromatic nitrogens is 3. The topological polar surface area (TPSA) is 76.9 Å². The van der Waals surface area contributed by atoms with Gasteiger partial charge >= 0.3 is 0 Å². The van der Waals surface area contributed by atoms with Crippen molar-refractivity contribution < 1.29 is 4.79 Å². The number of hydrogen-bond donors (Lipinski definition) is 1. The lowest BCUT2D eigenvalue weighted by Crippen LogP contribution is -2.22. The molecule has 5 rings (SSSR count). The van der Waals surface area contributed by atoms with Crippen LogP contribution in [0.15, 0.2) is 107 Å². The molecule has 2 aromatic heterocycles. The van der Waals surface area contributed by atoms with E-state index >= 15 is 0 Å². The minimum Gasteiger partial charge on any atom is -0.322 e. The number of amides is 1. The highest BCUT2D eigenvalue weighted by Gasteiger charge is 2.15. The summed E-state index contributed by atoms with van der Waals surface area (Å²) in [6.07, 6.45) is 1.69. The van der Waals surface area contributed by atoms with Gasteiger partial charge in [-0.05, 0) is 66.6 Å². The highest BCUT2D eigenvalue weighted by molar-refractivity contribution is 7.98. The Morgan fingerprint density at radius 3 is 2.57 bits per heavy atom. The van der Waals surface area contributed by atoms with Crippen LogP contribution in [0.5, 0.6) is 0 Å². The van der Waals surface area contributed by atoms with E-state index in [0.717, 1.165) is 16.8 Å². The van der Waals surface area contributed by atoms with Crippen molar-refractivity contribution in [1.82, 2.24) is 14.5 Å². The van der Waals surface area contributed by atoms with E-state index in [-0.39, 0.29) is 11.5 Å². The third kappa shape index (κ3) is 5.00. The number of carbonyl (C=O) groups excluding carboxylic acids is 1. The van der Waals surface area contributed by atoms with Crippen LogP contribution in [-0.2, 0) is 5.75 Å². The smallest absolute Gasteiger partial charge is 0.267 e. The molecule has 172 valence electrons. The number of fused-ring (bicyclic) bond motifs is 1. The molecule has 3 aromatic carbocycles. The summed E-state index contributed by atoms with van der Waals surface area (Å²) in [5.74, 6) is 0.891. The number of hydrogen-bond acceptors (Lipinski definition) is 5. The Kier molecular flexibility index (Phi) is 6.41. The van der Waals surface area contributed by atoms with Crippen molar-refractivity contribution in [3.05, 3.63) is 124 Å². The van der Waals surface area contributed by atoms with Crippen LogP contribution >= 0.6 is 11.8 Å². The van der Waals surface area contributed by atoms with Gasteiger partial charge in [-0.25, -0.2) is 14.5 Å². The van der Waals surface area contributed by atoms with Gasteiger partial charge in [0.1, 0.15) is 5.82 Å². The van der Waals surface area contributed by atoms with E-state index < -0.39 is 0 Å². The van der Waals surface area contributed by atoms with Crippen LogP contribution in [-0.4, -0.2) is 20.4 Å². The SMILES string of the molecule is Cc1ccnc(-n2c(SCc3cccc(C(=O)Nc4ccccc4)c3)nc3ccccc3c2=O)c1.